The highest BCUT2D eigenvalue weighted by Crippen LogP contribution is 2.31. The molecule has 2 saturated heterocycles. The van der Waals surface area contributed by atoms with Crippen LogP contribution in [-0.4, -0.2) is 41.5 Å². The zero-order valence-electron chi connectivity index (χ0n) is 16.9. The third-order valence-corrected chi connectivity index (χ3v) is 7.36. The average molecular weight is 380 g/mol. The van der Waals surface area contributed by atoms with Crippen molar-refractivity contribution in [1.29, 1.82) is 0 Å². The van der Waals surface area contributed by atoms with E-state index in [0.29, 0.717) is 12.0 Å². The number of benzene rings is 1. The molecular weight excluding hydrogens is 346 g/mol. The minimum absolute atomic E-state index is 0.0957. The van der Waals surface area contributed by atoms with E-state index in [1.807, 2.05) is 6.07 Å². The Morgan fingerprint density at radius 2 is 1.93 bits per heavy atom. The lowest BCUT2D eigenvalue weighted by Crippen LogP contribution is -2.51. The molecule has 3 aliphatic rings. The SMILES string of the molecule is O=C(NC[C@@H]1CCCN2CCCC[C@H]12)c1ccc2[nH]c3c(c2c1)CCCCC3. The summed E-state index contributed by atoms with van der Waals surface area (Å²) in [5.41, 5.74) is 4.85. The van der Waals surface area contributed by atoms with Gasteiger partial charge < -0.3 is 15.2 Å². The van der Waals surface area contributed by atoms with E-state index in [-0.39, 0.29) is 5.91 Å². The number of aryl methyl sites for hydroxylation is 2. The zero-order valence-corrected chi connectivity index (χ0v) is 16.9. The van der Waals surface area contributed by atoms with Crippen LogP contribution < -0.4 is 5.32 Å². The van der Waals surface area contributed by atoms with Crippen LogP contribution in [0.15, 0.2) is 18.2 Å². The first-order valence-corrected chi connectivity index (χ1v) is 11.5. The molecule has 2 aliphatic heterocycles. The summed E-state index contributed by atoms with van der Waals surface area (Å²) in [5, 5.41) is 4.54. The molecule has 0 radical (unpaired) electrons. The molecule has 1 aliphatic carbocycles. The van der Waals surface area contributed by atoms with Gasteiger partial charge in [-0.2, -0.15) is 0 Å². The number of rotatable bonds is 3. The van der Waals surface area contributed by atoms with Crippen LogP contribution in [0.2, 0.25) is 0 Å². The molecule has 1 amide bonds. The van der Waals surface area contributed by atoms with E-state index in [9.17, 15) is 4.79 Å². The second-order valence-corrected chi connectivity index (χ2v) is 9.11. The number of amides is 1. The highest BCUT2D eigenvalue weighted by Gasteiger charge is 2.33. The number of carbonyl (C=O) groups excluding carboxylic acids is 1. The molecule has 2 aromatic rings. The van der Waals surface area contributed by atoms with Crippen molar-refractivity contribution in [3.05, 3.63) is 35.0 Å². The molecule has 2 fully saturated rings. The fourth-order valence-corrected chi connectivity index (χ4v) is 5.87. The van der Waals surface area contributed by atoms with Crippen molar-refractivity contribution >= 4 is 16.8 Å². The van der Waals surface area contributed by atoms with Crippen LogP contribution in [0.3, 0.4) is 0 Å². The Morgan fingerprint density at radius 1 is 1.04 bits per heavy atom. The lowest BCUT2D eigenvalue weighted by atomic mass is 9.83. The lowest BCUT2D eigenvalue weighted by molar-refractivity contribution is 0.0575. The third kappa shape index (κ3) is 3.47. The average Bonchev–Trinajstić information content (AvgIpc) is 2.91. The molecule has 2 N–H and O–H groups in total. The van der Waals surface area contributed by atoms with Crippen LogP contribution in [0.25, 0.3) is 10.9 Å². The number of H-pyrrole nitrogens is 1. The van der Waals surface area contributed by atoms with Gasteiger partial charge in [0.25, 0.3) is 5.91 Å². The summed E-state index contributed by atoms with van der Waals surface area (Å²) in [6.45, 7) is 3.33. The van der Waals surface area contributed by atoms with Crippen LogP contribution in [0.4, 0.5) is 0 Å². The van der Waals surface area contributed by atoms with Gasteiger partial charge in [-0.15, -0.1) is 0 Å². The predicted octanol–water partition coefficient (Wildman–Crippen LogP) is 4.43. The number of fused-ring (bicyclic) bond motifs is 4. The summed E-state index contributed by atoms with van der Waals surface area (Å²) in [6, 6.07) is 6.90. The Hall–Kier alpha value is -1.81. The zero-order chi connectivity index (χ0) is 18.9. The van der Waals surface area contributed by atoms with Crippen LogP contribution >= 0.6 is 0 Å². The molecule has 4 heteroatoms. The van der Waals surface area contributed by atoms with Crippen molar-refractivity contribution in [1.82, 2.24) is 15.2 Å². The lowest BCUT2D eigenvalue weighted by Gasteiger charge is -2.44. The summed E-state index contributed by atoms with van der Waals surface area (Å²) < 4.78 is 0. The van der Waals surface area contributed by atoms with E-state index < -0.39 is 0 Å². The molecule has 4 nitrogen and oxygen atoms in total. The molecule has 1 aromatic heterocycles. The van der Waals surface area contributed by atoms with Crippen molar-refractivity contribution in [2.45, 2.75) is 70.3 Å². The minimum atomic E-state index is 0.0957. The highest BCUT2D eigenvalue weighted by atomic mass is 16.1. The van der Waals surface area contributed by atoms with Crippen LogP contribution in [0, 0.1) is 5.92 Å². The van der Waals surface area contributed by atoms with Crippen molar-refractivity contribution in [2.24, 2.45) is 5.92 Å². The van der Waals surface area contributed by atoms with Gasteiger partial charge in [-0.1, -0.05) is 12.8 Å². The van der Waals surface area contributed by atoms with Gasteiger partial charge in [0.1, 0.15) is 0 Å². The second kappa shape index (κ2) is 7.90. The Balaban J connectivity index is 1.30. The Morgan fingerprint density at radius 3 is 2.89 bits per heavy atom. The predicted molar refractivity (Wildman–Crippen MR) is 114 cm³/mol. The molecule has 5 rings (SSSR count). The second-order valence-electron chi connectivity index (χ2n) is 9.11. The molecule has 0 spiro atoms. The smallest absolute Gasteiger partial charge is 0.251 e. The molecule has 3 heterocycles. The maximum atomic E-state index is 12.9. The molecule has 0 bridgehead atoms. The topological polar surface area (TPSA) is 48.1 Å². The van der Waals surface area contributed by atoms with Crippen LogP contribution in [0.5, 0.6) is 0 Å². The van der Waals surface area contributed by atoms with Crippen molar-refractivity contribution in [3.63, 3.8) is 0 Å². The normalized spacial score (nSPS) is 25.7. The number of hydrogen-bond acceptors (Lipinski definition) is 2. The van der Waals surface area contributed by atoms with Gasteiger partial charge in [0.05, 0.1) is 0 Å². The van der Waals surface area contributed by atoms with E-state index in [4.69, 9.17) is 0 Å². The number of hydrogen-bond donors (Lipinski definition) is 2. The Bertz CT molecular complexity index is 853. The Labute approximate surface area is 168 Å². The highest BCUT2D eigenvalue weighted by molar-refractivity contribution is 5.99. The first-order chi connectivity index (χ1) is 13.8. The van der Waals surface area contributed by atoms with Gasteiger partial charge in [0.2, 0.25) is 0 Å². The quantitative estimate of drug-likeness (QED) is 0.775. The molecule has 2 atom stereocenters. The summed E-state index contributed by atoms with van der Waals surface area (Å²) in [7, 11) is 0. The summed E-state index contributed by atoms with van der Waals surface area (Å²) >= 11 is 0. The van der Waals surface area contributed by atoms with Gasteiger partial charge >= 0.3 is 0 Å². The van der Waals surface area contributed by atoms with Crippen LogP contribution in [0.1, 0.15) is 73.0 Å². The minimum Gasteiger partial charge on any atom is -0.358 e. The number of nitrogens with one attached hydrogen (secondary N) is 2. The van der Waals surface area contributed by atoms with Gasteiger partial charge in [0.15, 0.2) is 0 Å². The fourth-order valence-electron chi connectivity index (χ4n) is 5.87. The maximum Gasteiger partial charge on any atom is 0.251 e. The van der Waals surface area contributed by atoms with Crippen molar-refractivity contribution < 1.29 is 4.79 Å². The summed E-state index contributed by atoms with van der Waals surface area (Å²) in [4.78, 5) is 19.2. The summed E-state index contributed by atoms with van der Waals surface area (Å²) in [6.07, 6.45) is 12.7. The van der Waals surface area contributed by atoms with Gasteiger partial charge in [-0.25, -0.2) is 0 Å². The van der Waals surface area contributed by atoms with E-state index >= 15 is 0 Å². The molecule has 0 unspecified atom stereocenters. The first kappa shape index (κ1) is 18.2. The number of aromatic nitrogens is 1. The third-order valence-electron chi connectivity index (χ3n) is 7.36. The number of nitrogens with zero attached hydrogens (tertiary/aromatic N) is 1. The number of carbonyl (C=O) groups is 1. The fraction of sp³-hybridized carbons (Fsp3) is 0.625. The van der Waals surface area contributed by atoms with E-state index in [1.54, 1.807) is 0 Å². The van der Waals surface area contributed by atoms with Crippen molar-refractivity contribution in [3.8, 4) is 0 Å². The molecule has 28 heavy (non-hydrogen) atoms. The summed E-state index contributed by atoms with van der Waals surface area (Å²) in [5.74, 6) is 0.712. The van der Waals surface area contributed by atoms with E-state index in [2.05, 4.69) is 27.3 Å². The Kier molecular flexibility index (Phi) is 5.15. The number of aromatic amines is 1. The first-order valence-electron chi connectivity index (χ1n) is 11.5. The van der Waals surface area contributed by atoms with Crippen LogP contribution in [-0.2, 0) is 12.8 Å². The van der Waals surface area contributed by atoms with E-state index in [0.717, 1.165) is 24.9 Å². The molecule has 1 aromatic carbocycles. The molecule has 150 valence electrons. The van der Waals surface area contributed by atoms with Gasteiger partial charge in [-0.3, -0.25) is 4.79 Å². The van der Waals surface area contributed by atoms with E-state index in [1.165, 1.54) is 86.6 Å². The maximum absolute atomic E-state index is 12.9. The standard InChI is InChI=1S/C24H33N3O/c28-24(25-16-18-7-6-14-27-13-5-4-10-23(18)27)17-11-12-22-20(15-17)19-8-2-1-3-9-21(19)26-22/h11-12,15,18,23,26H,1-10,13-14,16H2,(H,25,28)/t18-,23+/m0/s1. The number of piperidine rings is 2. The molecular formula is C24H33N3O. The van der Waals surface area contributed by atoms with Gasteiger partial charge in [-0.05, 0) is 94.1 Å². The van der Waals surface area contributed by atoms with Crippen molar-refractivity contribution in [2.75, 3.05) is 19.6 Å². The molecule has 0 saturated carbocycles. The monoisotopic (exact) mass is 379 g/mol. The largest absolute Gasteiger partial charge is 0.358 e. The van der Waals surface area contributed by atoms with Gasteiger partial charge in [0, 0.05) is 34.7 Å².